The number of methoxy groups -OCH3 is 1. The molecule has 0 spiro atoms. The average Bonchev–Trinajstić information content (AvgIpc) is 3.18. The van der Waals surface area contributed by atoms with Crippen LogP contribution >= 0.6 is 0 Å². The molecule has 3 aromatic rings. The summed E-state index contributed by atoms with van der Waals surface area (Å²) in [6, 6.07) is 18.9. The Morgan fingerprint density at radius 1 is 1.00 bits per heavy atom. The summed E-state index contributed by atoms with van der Waals surface area (Å²) in [5.74, 6) is 1.78. The molecule has 0 atom stereocenters. The molecule has 1 aliphatic rings. The van der Waals surface area contributed by atoms with Gasteiger partial charge in [0, 0.05) is 22.9 Å². The molecule has 2 heterocycles. The number of rotatable bonds is 5. The minimum absolute atomic E-state index is 0.177. The van der Waals surface area contributed by atoms with Crippen molar-refractivity contribution in [2.75, 3.05) is 20.2 Å². The van der Waals surface area contributed by atoms with Gasteiger partial charge in [-0.3, -0.25) is 0 Å². The van der Waals surface area contributed by atoms with Gasteiger partial charge in [0.05, 0.1) is 7.11 Å². The van der Waals surface area contributed by atoms with Gasteiger partial charge >= 0.3 is 0 Å². The highest BCUT2D eigenvalue weighted by atomic mass is 16.5. The number of hydrogen-bond acceptors (Lipinski definition) is 3. The number of aromatic amines is 1. The second-order valence-corrected chi connectivity index (χ2v) is 7.06. The van der Waals surface area contributed by atoms with E-state index in [2.05, 4.69) is 45.6 Å². The summed E-state index contributed by atoms with van der Waals surface area (Å²) in [6.45, 7) is 2.13. The lowest BCUT2D eigenvalue weighted by Gasteiger charge is -2.38. The summed E-state index contributed by atoms with van der Waals surface area (Å²) in [5.41, 5.74) is 3.88. The van der Waals surface area contributed by atoms with Gasteiger partial charge in [-0.1, -0.05) is 30.3 Å². The first kappa shape index (κ1) is 16.9. The van der Waals surface area contributed by atoms with Crippen molar-refractivity contribution in [1.29, 1.82) is 0 Å². The maximum Gasteiger partial charge on any atom is 0.137 e. The van der Waals surface area contributed by atoms with Crippen molar-refractivity contribution in [3.05, 3.63) is 72.1 Å². The molecule has 0 bridgehead atoms. The molecule has 26 heavy (non-hydrogen) atoms. The van der Waals surface area contributed by atoms with Crippen LogP contribution in [0.5, 0.6) is 5.75 Å². The molecule has 1 aromatic heterocycles. The van der Waals surface area contributed by atoms with E-state index in [4.69, 9.17) is 4.74 Å². The quantitative estimate of drug-likeness (QED) is 0.735. The van der Waals surface area contributed by atoms with Gasteiger partial charge in [-0.15, -0.1) is 0 Å². The molecule has 0 aliphatic carbocycles. The standard InChI is InChI=1S/C22H25N3O/c1-26-20-9-7-17(8-10-20)21-24-16-19(25-21)15-22(11-13-23-14-12-22)18-5-3-2-4-6-18/h2-10,16,23H,11-15H2,1H3,(H,24,25). The maximum absolute atomic E-state index is 5.24. The van der Waals surface area contributed by atoms with E-state index in [1.165, 1.54) is 11.3 Å². The highest BCUT2D eigenvalue weighted by Crippen LogP contribution is 2.36. The van der Waals surface area contributed by atoms with Crippen LogP contribution in [0.25, 0.3) is 11.4 Å². The summed E-state index contributed by atoms with van der Waals surface area (Å²) in [4.78, 5) is 8.16. The Kier molecular flexibility index (Phi) is 4.76. The SMILES string of the molecule is COc1ccc(-c2ncc(CC3(c4ccccc4)CCNCC3)[nH]2)cc1. The van der Waals surface area contributed by atoms with E-state index in [-0.39, 0.29) is 5.41 Å². The van der Waals surface area contributed by atoms with Crippen molar-refractivity contribution in [2.45, 2.75) is 24.7 Å². The van der Waals surface area contributed by atoms with Gasteiger partial charge in [0.1, 0.15) is 11.6 Å². The van der Waals surface area contributed by atoms with Crippen molar-refractivity contribution in [2.24, 2.45) is 0 Å². The van der Waals surface area contributed by atoms with Gasteiger partial charge in [0.15, 0.2) is 0 Å². The Bertz CT molecular complexity index is 833. The Labute approximate surface area is 154 Å². The summed E-state index contributed by atoms with van der Waals surface area (Å²) < 4.78 is 5.24. The molecule has 2 aromatic carbocycles. The highest BCUT2D eigenvalue weighted by molar-refractivity contribution is 5.56. The van der Waals surface area contributed by atoms with Crippen LogP contribution in [0, 0.1) is 0 Å². The lowest BCUT2D eigenvalue weighted by Crippen LogP contribution is -2.41. The number of piperidine rings is 1. The lowest BCUT2D eigenvalue weighted by molar-refractivity contribution is 0.303. The zero-order chi connectivity index (χ0) is 17.8. The van der Waals surface area contributed by atoms with Gasteiger partial charge in [0.25, 0.3) is 0 Å². The smallest absolute Gasteiger partial charge is 0.137 e. The number of aromatic nitrogens is 2. The number of H-pyrrole nitrogens is 1. The van der Waals surface area contributed by atoms with Crippen LogP contribution in [-0.4, -0.2) is 30.2 Å². The summed E-state index contributed by atoms with van der Waals surface area (Å²) in [7, 11) is 1.68. The zero-order valence-electron chi connectivity index (χ0n) is 15.2. The van der Waals surface area contributed by atoms with E-state index in [9.17, 15) is 0 Å². The van der Waals surface area contributed by atoms with Crippen LogP contribution in [0.3, 0.4) is 0 Å². The second kappa shape index (κ2) is 7.34. The molecule has 4 rings (SSSR count). The van der Waals surface area contributed by atoms with E-state index in [1.807, 2.05) is 30.5 Å². The Morgan fingerprint density at radius 2 is 1.73 bits per heavy atom. The summed E-state index contributed by atoms with van der Waals surface area (Å²) in [5, 5.41) is 3.50. The number of imidazole rings is 1. The third-order valence-corrected chi connectivity index (χ3v) is 5.47. The van der Waals surface area contributed by atoms with Gasteiger partial charge in [-0.25, -0.2) is 4.98 Å². The Hall–Kier alpha value is -2.59. The molecule has 4 heteroatoms. The van der Waals surface area contributed by atoms with Crippen LogP contribution in [0.2, 0.25) is 0 Å². The van der Waals surface area contributed by atoms with Crippen LogP contribution < -0.4 is 10.1 Å². The first-order valence-corrected chi connectivity index (χ1v) is 9.24. The Balaban J connectivity index is 1.59. The number of benzene rings is 2. The van der Waals surface area contributed by atoms with Gasteiger partial charge < -0.3 is 15.0 Å². The van der Waals surface area contributed by atoms with E-state index in [0.29, 0.717) is 0 Å². The largest absolute Gasteiger partial charge is 0.497 e. The number of ether oxygens (including phenoxy) is 1. The third-order valence-electron chi connectivity index (χ3n) is 5.47. The fourth-order valence-corrected chi connectivity index (χ4v) is 3.97. The molecular formula is C22H25N3O. The summed E-state index contributed by atoms with van der Waals surface area (Å²) >= 11 is 0. The van der Waals surface area contributed by atoms with Crippen LogP contribution in [0.15, 0.2) is 60.8 Å². The monoisotopic (exact) mass is 347 g/mol. The zero-order valence-corrected chi connectivity index (χ0v) is 15.2. The minimum atomic E-state index is 0.177. The number of nitrogens with one attached hydrogen (secondary N) is 2. The molecule has 134 valence electrons. The van der Waals surface area contributed by atoms with Crippen molar-refractivity contribution >= 4 is 0 Å². The molecule has 2 N–H and O–H groups in total. The highest BCUT2D eigenvalue weighted by Gasteiger charge is 2.34. The molecule has 1 aliphatic heterocycles. The van der Waals surface area contributed by atoms with Gasteiger partial charge in [0.2, 0.25) is 0 Å². The molecule has 1 fully saturated rings. The lowest BCUT2D eigenvalue weighted by atomic mass is 9.70. The average molecular weight is 347 g/mol. The van der Waals surface area contributed by atoms with Gasteiger partial charge in [-0.2, -0.15) is 0 Å². The third kappa shape index (κ3) is 3.37. The number of nitrogens with zero attached hydrogens (tertiary/aromatic N) is 1. The molecular weight excluding hydrogens is 322 g/mol. The van der Waals surface area contributed by atoms with Gasteiger partial charge in [-0.05, 0) is 62.2 Å². The summed E-state index contributed by atoms with van der Waals surface area (Å²) in [6.07, 6.45) is 5.27. The fraction of sp³-hybridized carbons (Fsp3) is 0.318. The molecule has 1 saturated heterocycles. The minimum Gasteiger partial charge on any atom is -0.497 e. The molecule has 0 unspecified atom stereocenters. The first-order chi connectivity index (χ1) is 12.8. The van der Waals surface area contributed by atoms with Crippen molar-refractivity contribution < 1.29 is 4.74 Å². The van der Waals surface area contributed by atoms with E-state index in [0.717, 1.165) is 49.5 Å². The molecule has 0 amide bonds. The molecule has 0 radical (unpaired) electrons. The molecule has 0 saturated carbocycles. The fourth-order valence-electron chi connectivity index (χ4n) is 3.97. The van der Waals surface area contributed by atoms with Crippen molar-refractivity contribution in [1.82, 2.24) is 15.3 Å². The number of hydrogen-bond donors (Lipinski definition) is 2. The van der Waals surface area contributed by atoms with Crippen LogP contribution in [0.4, 0.5) is 0 Å². The second-order valence-electron chi connectivity index (χ2n) is 7.06. The van der Waals surface area contributed by atoms with E-state index >= 15 is 0 Å². The van der Waals surface area contributed by atoms with Crippen LogP contribution in [0.1, 0.15) is 24.1 Å². The predicted octanol–water partition coefficient (Wildman–Crippen LogP) is 3.95. The topological polar surface area (TPSA) is 49.9 Å². The van der Waals surface area contributed by atoms with Crippen LogP contribution in [-0.2, 0) is 11.8 Å². The van der Waals surface area contributed by atoms with Crippen molar-refractivity contribution in [3.63, 3.8) is 0 Å². The van der Waals surface area contributed by atoms with E-state index in [1.54, 1.807) is 7.11 Å². The maximum atomic E-state index is 5.24. The predicted molar refractivity (Wildman–Crippen MR) is 105 cm³/mol. The molecule has 4 nitrogen and oxygen atoms in total. The van der Waals surface area contributed by atoms with E-state index < -0.39 is 0 Å². The Morgan fingerprint density at radius 3 is 2.42 bits per heavy atom. The van der Waals surface area contributed by atoms with Crippen molar-refractivity contribution in [3.8, 4) is 17.1 Å². The normalized spacial score (nSPS) is 16.3. The first-order valence-electron chi connectivity index (χ1n) is 9.24.